The molecule has 3 aromatic rings. The van der Waals surface area contributed by atoms with Gasteiger partial charge in [0.2, 0.25) is 0 Å². The molecule has 0 aliphatic heterocycles. The van der Waals surface area contributed by atoms with Gasteiger partial charge in [-0.05, 0) is 60.6 Å². The summed E-state index contributed by atoms with van der Waals surface area (Å²) in [5, 5.41) is 9.56. The summed E-state index contributed by atoms with van der Waals surface area (Å²) in [5.41, 5.74) is 4.34. The van der Waals surface area contributed by atoms with E-state index in [1.54, 1.807) is 12.1 Å². The molecule has 3 nitrogen and oxygen atoms in total. The van der Waals surface area contributed by atoms with Gasteiger partial charge in [-0.2, -0.15) is 13.2 Å². The molecule has 1 aromatic heterocycles. The van der Waals surface area contributed by atoms with Crippen molar-refractivity contribution in [1.29, 1.82) is 0 Å². The van der Waals surface area contributed by atoms with Crippen molar-refractivity contribution in [2.75, 3.05) is 0 Å². The van der Waals surface area contributed by atoms with Gasteiger partial charge in [-0.3, -0.25) is 4.79 Å². The Morgan fingerprint density at radius 2 is 1.82 bits per heavy atom. The van der Waals surface area contributed by atoms with Gasteiger partial charge in [0.15, 0.2) is 0 Å². The van der Waals surface area contributed by atoms with Crippen LogP contribution in [0.1, 0.15) is 73.4 Å². The number of carboxylic acid groups (broad SMARTS) is 1. The van der Waals surface area contributed by atoms with Gasteiger partial charge in [-0.25, -0.2) is 0 Å². The molecule has 1 heterocycles. The smallest absolute Gasteiger partial charge is 0.416 e. The molecule has 6 heteroatoms. The molecule has 174 valence electrons. The molecule has 0 saturated heterocycles. The lowest BCUT2D eigenvalue weighted by atomic mass is 9.85. The van der Waals surface area contributed by atoms with Crippen molar-refractivity contribution < 1.29 is 23.1 Å². The van der Waals surface area contributed by atoms with Crippen molar-refractivity contribution in [2.45, 2.75) is 63.6 Å². The predicted octanol–water partition coefficient (Wildman–Crippen LogP) is 7.46. The lowest BCUT2D eigenvalue weighted by Gasteiger charge is -2.30. The Kier molecular flexibility index (Phi) is 6.63. The van der Waals surface area contributed by atoms with E-state index in [9.17, 15) is 23.1 Å². The molecular formula is C27H28F3NO2. The fourth-order valence-corrected chi connectivity index (χ4v) is 5.12. The molecule has 1 aliphatic carbocycles. The molecule has 4 rings (SSSR count). The highest BCUT2D eigenvalue weighted by molar-refractivity contribution is 5.69. The first kappa shape index (κ1) is 23.1. The quantitative estimate of drug-likeness (QED) is 0.402. The van der Waals surface area contributed by atoms with E-state index >= 15 is 0 Å². The van der Waals surface area contributed by atoms with Crippen molar-refractivity contribution in [2.24, 2.45) is 0 Å². The average Bonchev–Trinajstić information content (AvgIpc) is 3.18. The van der Waals surface area contributed by atoms with E-state index in [0.717, 1.165) is 72.3 Å². The fourth-order valence-electron chi connectivity index (χ4n) is 5.12. The van der Waals surface area contributed by atoms with Crippen molar-refractivity contribution >= 4 is 5.97 Å². The number of halogens is 3. The van der Waals surface area contributed by atoms with Crippen LogP contribution in [0.15, 0.2) is 60.7 Å². The van der Waals surface area contributed by atoms with Gasteiger partial charge in [0.25, 0.3) is 0 Å². The lowest BCUT2D eigenvalue weighted by molar-refractivity contribution is -0.138. The Balaban J connectivity index is 1.90. The van der Waals surface area contributed by atoms with E-state index in [4.69, 9.17) is 0 Å². The van der Waals surface area contributed by atoms with E-state index in [-0.39, 0.29) is 18.4 Å². The second kappa shape index (κ2) is 9.46. The normalized spacial score (nSPS) is 16.9. The number of alkyl halides is 3. The van der Waals surface area contributed by atoms with Crippen LogP contribution in [0.25, 0.3) is 11.3 Å². The zero-order chi connectivity index (χ0) is 23.6. The highest BCUT2D eigenvalue weighted by atomic mass is 19.4. The number of aryl methyl sites for hydroxylation is 1. The van der Waals surface area contributed by atoms with E-state index in [1.165, 1.54) is 0 Å². The average molecular weight is 456 g/mol. The third kappa shape index (κ3) is 4.85. The number of hydrogen-bond donors (Lipinski definition) is 1. The maximum atomic E-state index is 13.2. The van der Waals surface area contributed by atoms with Gasteiger partial charge in [0.05, 0.1) is 18.0 Å². The molecule has 0 fully saturated rings. The summed E-state index contributed by atoms with van der Waals surface area (Å²) in [7, 11) is 0. The van der Waals surface area contributed by atoms with Crippen LogP contribution in [0.2, 0.25) is 0 Å². The Hall–Kier alpha value is -3.02. The third-order valence-corrected chi connectivity index (χ3v) is 6.53. The second-order valence-corrected chi connectivity index (χ2v) is 8.79. The van der Waals surface area contributed by atoms with E-state index in [2.05, 4.69) is 17.6 Å². The number of hydrogen-bond acceptors (Lipinski definition) is 1. The number of fused-ring (bicyclic) bond motifs is 1. The minimum absolute atomic E-state index is 0.0527. The summed E-state index contributed by atoms with van der Waals surface area (Å²) in [6.07, 6.45) is -0.137. The minimum Gasteiger partial charge on any atom is -0.481 e. The molecule has 2 atom stereocenters. The lowest BCUT2D eigenvalue weighted by Crippen LogP contribution is -2.21. The van der Waals surface area contributed by atoms with Gasteiger partial charge in [0.1, 0.15) is 0 Å². The fraction of sp³-hybridized carbons (Fsp3) is 0.370. The van der Waals surface area contributed by atoms with E-state index in [1.807, 2.05) is 30.3 Å². The summed E-state index contributed by atoms with van der Waals surface area (Å²) < 4.78 is 41.7. The van der Waals surface area contributed by atoms with Crippen LogP contribution in [-0.2, 0) is 17.4 Å². The number of benzene rings is 2. The van der Waals surface area contributed by atoms with Crippen LogP contribution >= 0.6 is 0 Å². The minimum atomic E-state index is -4.38. The van der Waals surface area contributed by atoms with Crippen molar-refractivity contribution in [3.05, 3.63) is 83.0 Å². The van der Waals surface area contributed by atoms with Crippen LogP contribution in [0.3, 0.4) is 0 Å². The first-order valence-corrected chi connectivity index (χ1v) is 11.5. The number of carboxylic acids is 1. The highest BCUT2D eigenvalue weighted by Crippen LogP contribution is 2.43. The molecule has 1 aliphatic rings. The van der Waals surface area contributed by atoms with E-state index < -0.39 is 17.7 Å². The highest BCUT2D eigenvalue weighted by Gasteiger charge is 2.33. The van der Waals surface area contributed by atoms with Gasteiger partial charge < -0.3 is 9.67 Å². The Labute approximate surface area is 191 Å². The van der Waals surface area contributed by atoms with Crippen molar-refractivity contribution in [3.8, 4) is 11.3 Å². The first-order valence-electron chi connectivity index (χ1n) is 11.5. The number of rotatable bonds is 7. The van der Waals surface area contributed by atoms with Crippen LogP contribution in [0.5, 0.6) is 0 Å². The van der Waals surface area contributed by atoms with Crippen molar-refractivity contribution in [1.82, 2.24) is 4.57 Å². The standard InChI is InChI=1S/C27H28F3NO2/c1-2-7-23(19-12-14-22(15-13-19)27(28,29)30)31-24(18-8-4-3-5-9-18)16-20-10-6-11-21(26(20)31)17-25(32)33/h3-5,8-9,12-16,21,23H,2,6-7,10-11,17H2,1H3,(H,32,33). The SMILES string of the molecule is CCCC(c1ccc(C(F)(F)F)cc1)n1c(-c2ccccc2)cc2c1C(CC(=O)O)CCC2. The van der Waals surface area contributed by atoms with Gasteiger partial charge in [-0.1, -0.05) is 55.8 Å². The summed E-state index contributed by atoms with van der Waals surface area (Å²) >= 11 is 0. The predicted molar refractivity (Wildman–Crippen MR) is 122 cm³/mol. The number of aromatic nitrogens is 1. The van der Waals surface area contributed by atoms with Crippen LogP contribution in [0.4, 0.5) is 13.2 Å². The molecule has 0 saturated carbocycles. The molecule has 0 bridgehead atoms. The summed E-state index contributed by atoms with van der Waals surface area (Å²) in [6, 6.07) is 17.3. The molecule has 0 amide bonds. The topological polar surface area (TPSA) is 42.2 Å². The molecule has 33 heavy (non-hydrogen) atoms. The molecule has 1 N–H and O–H groups in total. The van der Waals surface area contributed by atoms with Crippen LogP contribution in [-0.4, -0.2) is 15.6 Å². The molecule has 0 radical (unpaired) electrons. The Morgan fingerprint density at radius 1 is 1.12 bits per heavy atom. The van der Waals surface area contributed by atoms with Crippen molar-refractivity contribution in [3.63, 3.8) is 0 Å². The van der Waals surface area contributed by atoms with E-state index in [0.29, 0.717) is 0 Å². The summed E-state index contributed by atoms with van der Waals surface area (Å²) in [4.78, 5) is 11.6. The summed E-state index contributed by atoms with van der Waals surface area (Å²) in [6.45, 7) is 2.06. The Bertz CT molecular complexity index is 1100. The first-order chi connectivity index (χ1) is 15.8. The molecule has 2 unspecified atom stereocenters. The number of nitrogens with zero attached hydrogens (tertiary/aromatic N) is 1. The van der Waals surface area contributed by atoms with Crippen LogP contribution < -0.4 is 0 Å². The van der Waals surface area contributed by atoms with Gasteiger partial charge >= 0.3 is 12.1 Å². The molecular weight excluding hydrogens is 427 g/mol. The maximum Gasteiger partial charge on any atom is 0.416 e. The zero-order valence-corrected chi connectivity index (χ0v) is 18.6. The zero-order valence-electron chi connectivity index (χ0n) is 18.6. The third-order valence-electron chi connectivity index (χ3n) is 6.53. The largest absolute Gasteiger partial charge is 0.481 e. The van der Waals surface area contributed by atoms with Gasteiger partial charge in [0, 0.05) is 17.3 Å². The van der Waals surface area contributed by atoms with Crippen LogP contribution in [0, 0.1) is 0 Å². The molecule has 2 aromatic carbocycles. The summed E-state index contributed by atoms with van der Waals surface area (Å²) in [5.74, 6) is -0.944. The second-order valence-electron chi connectivity index (χ2n) is 8.79. The Morgan fingerprint density at radius 3 is 2.42 bits per heavy atom. The monoisotopic (exact) mass is 455 g/mol. The number of carbonyl (C=O) groups is 1. The maximum absolute atomic E-state index is 13.2. The van der Waals surface area contributed by atoms with Gasteiger partial charge in [-0.15, -0.1) is 0 Å². The number of aliphatic carboxylic acids is 1. The molecule has 0 spiro atoms.